The molecular weight excluding hydrogens is 138 g/mol. The van der Waals surface area contributed by atoms with Crippen molar-refractivity contribution < 1.29 is 0 Å². The molecule has 68 valence electrons. The Morgan fingerprint density at radius 2 is 1.09 bits per heavy atom. The van der Waals surface area contributed by atoms with Crippen LogP contribution in [0.25, 0.3) is 0 Å². The van der Waals surface area contributed by atoms with Crippen molar-refractivity contribution in [2.45, 2.75) is 32.0 Å². The Morgan fingerprint density at radius 1 is 0.727 bits per heavy atom. The summed E-state index contributed by atoms with van der Waals surface area (Å²) in [6, 6.07) is 1.45. The van der Waals surface area contributed by atoms with Gasteiger partial charge in [-0.3, -0.25) is 0 Å². The van der Waals surface area contributed by atoms with Gasteiger partial charge in [0, 0.05) is 18.1 Å². The van der Waals surface area contributed by atoms with Crippen molar-refractivity contribution in [3.8, 4) is 0 Å². The van der Waals surface area contributed by atoms with Gasteiger partial charge in [-0.25, -0.2) is 0 Å². The average molecular weight is 159 g/mol. The summed E-state index contributed by atoms with van der Waals surface area (Å²) in [6.07, 6.45) is 0. The summed E-state index contributed by atoms with van der Waals surface area (Å²) >= 11 is 0. The molecule has 0 aliphatic heterocycles. The van der Waals surface area contributed by atoms with Crippen molar-refractivity contribution in [3.63, 3.8) is 0 Å². The van der Waals surface area contributed by atoms with Gasteiger partial charge in [-0.15, -0.1) is 0 Å². The zero-order chi connectivity index (χ0) is 8.85. The van der Waals surface area contributed by atoms with Gasteiger partial charge < -0.3 is 16.0 Å². The second-order valence-electron chi connectivity index (χ2n) is 2.97. The van der Waals surface area contributed by atoms with E-state index in [1.165, 1.54) is 0 Å². The summed E-state index contributed by atoms with van der Waals surface area (Å²) in [5.74, 6) is 0. The molecule has 0 aromatic rings. The quantitative estimate of drug-likeness (QED) is 0.519. The normalized spacial score (nSPS) is 19.4. The topological polar surface area (TPSA) is 36.1 Å². The highest BCUT2D eigenvalue weighted by Crippen LogP contribution is 1.97. The van der Waals surface area contributed by atoms with Crippen molar-refractivity contribution >= 4 is 0 Å². The van der Waals surface area contributed by atoms with Crippen molar-refractivity contribution in [2.75, 3.05) is 21.1 Å². The van der Waals surface area contributed by atoms with Crippen LogP contribution in [-0.2, 0) is 0 Å². The van der Waals surface area contributed by atoms with E-state index in [9.17, 15) is 0 Å². The summed E-state index contributed by atoms with van der Waals surface area (Å²) in [5, 5.41) is 9.74. The van der Waals surface area contributed by atoms with Gasteiger partial charge >= 0.3 is 0 Å². The Bertz CT molecular complexity index is 85.3. The van der Waals surface area contributed by atoms with E-state index >= 15 is 0 Å². The van der Waals surface area contributed by atoms with E-state index < -0.39 is 0 Å². The molecule has 2 unspecified atom stereocenters. The SMILES string of the molecule is CNC(C)C(NC)C(C)NC. The number of rotatable bonds is 5. The Morgan fingerprint density at radius 3 is 1.27 bits per heavy atom. The Labute approximate surface area is 69.9 Å². The molecule has 0 spiro atoms. The van der Waals surface area contributed by atoms with E-state index in [0.717, 1.165) is 0 Å². The molecule has 0 aliphatic rings. The molecule has 0 fully saturated rings. The zero-order valence-electron chi connectivity index (χ0n) is 8.23. The second-order valence-corrected chi connectivity index (χ2v) is 2.97. The molecule has 11 heavy (non-hydrogen) atoms. The number of likely N-dealkylation sites (N-methyl/N-ethyl adjacent to an activating group) is 3. The molecule has 0 aromatic heterocycles. The Balaban J connectivity index is 3.92. The summed E-state index contributed by atoms with van der Waals surface area (Å²) in [4.78, 5) is 0. The van der Waals surface area contributed by atoms with Gasteiger partial charge in [-0.2, -0.15) is 0 Å². The van der Waals surface area contributed by atoms with Crippen LogP contribution in [0.1, 0.15) is 13.8 Å². The lowest BCUT2D eigenvalue weighted by atomic mass is 10.0. The van der Waals surface area contributed by atoms with Crippen LogP contribution in [-0.4, -0.2) is 39.3 Å². The van der Waals surface area contributed by atoms with Crippen LogP contribution < -0.4 is 16.0 Å². The van der Waals surface area contributed by atoms with Crippen LogP contribution in [0, 0.1) is 0 Å². The van der Waals surface area contributed by atoms with Crippen LogP contribution >= 0.6 is 0 Å². The first kappa shape index (κ1) is 10.9. The molecule has 0 aliphatic carbocycles. The third-order valence-electron chi connectivity index (χ3n) is 2.32. The van der Waals surface area contributed by atoms with E-state index in [2.05, 4.69) is 29.8 Å². The first-order valence-electron chi connectivity index (χ1n) is 4.19. The maximum atomic E-state index is 3.28. The predicted octanol–water partition coefficient (Wildman–Crippen LogP) is -0.210. The number of nitrogens with one attached hydrogen (secondary N) is 3. The van der Waals surface area contributed by atoms with Gasteiger partial charge in [0.05, 0.1) is 0 Å². The maximum absolute atomic E-state index is 3.28. The van der Waals surface area contributed by atoms with Crippen molar-refractivity contribution in [1.29, 1.82) is 0 Å². The van der Waals surface area contributed by atoms with Gasteiger partial charge in [0.25, 0.3) is 0 Å². The molecule has 0 radical (unpaired) electrons. The molecule has 2 atom stereocenters. The van der Waals surface area contributed by atoms with Crippen LogP contribution in [0.2, 0.25) is 0 Å². The highest BCUT2D eigenvalue weighted by molar-refractivity contribution is 4.84. The van der Waals surface area contributed by atoms with Gasteiger partial charge in [0.2, 0.25) is 0 Å². The fourth-order valence-electron chi connectivity index (χ4n) is 1.29. The minimum atomic E-state index is 0.477. The van der Waals surface area contributed by atoms with Crippen molar-refractivity contribution in [2.24, 2.45) is 0 Å². The van der Waals surface area contributed by atoms with E-state index in [1.54, 1.807) is 0 Å². The number of hydrogen-bond acceptors (Lipinski definition) is 3. The summed E-state index contributed by atoms with van der Waals surface area (Å²) in [6.45, 7) is 4.35. The Kier molecular flexibility index (Phi) is 5.46. The standard InChI is InChI=1S/C8H21N3/c1-6(9-3)8(11-5)7(2)10-4/h6-11H,1-5H3. The zero-order valence-corrected chi connectivity index (χ0v) is 8.23. The summed E-state index contributed by atoms with van der Waals surface area (Å²) < 4.78 is 0. The molecule has 0 aromatic carbocycles. The van der Waals surface area contributed by atoms with E-state index in [-0.39, 0.29) is 0 Å². The van der Waals surface area contributed by atoms with Gasteiger partial charge in [-0.1, -0.05) is 0 Å². The van der Waals surface area contributed by atoms with E-state index in [1.807, 2.05) is 21.1 Å². The first-order chi connectivity index (χ1) is 5.17. The third-order valence-corrected chi connectivity index (χ3v) is 2.32. The molecule has 0 heterocycles. The average Bonchev–Trinajstić information content (AvgIpc) is 2.05. The third kappa shape index (κ3) is 3.18. The molecule has 0 rings (SSSR count). The lowest BCUT2D eigenvalue weighted by Crippen LogP contribution is -2.53. The van der Waals surface area contributed by atoms with Gasteiger partial charge in [-0.05, 0) is 35.0 Å². The first-order valence-corrected chi connectivity index (χ1v) is 4.19. The molecule has 0 amide bonds. The number of hydrogen-bond donors (Lipinski definition) is 3. The molecule has 3 N–H and O–H groups in total. The molecular formula is C8H21N3. The van der Waals surface area contributed by atoms with Crippen LogP contribution in [0.3, 0.4) is 0 Å². The molecule has 0 saturated carbocycles. The maximum Gasteiger partial charge on any atom is 0.0367 e. The minimum Gasteiger partial charge on any atom is -0.316 e. The van der Waals surface area contributed by atoms with Gasteiger partial charge in [0.15, 0.2) is 0 Å². The highest BCUT2D eigenvalue weighted by atomic mass is 15.0. The van der Waals surface area contributed by atoms with Crippen molar-refractivity contribution in [1.82, 2.24) is 16.0 Å². The van der Waals surface area contributed by atoms with E-state index in [4.69, 9.17) is 0 Å². The second kappa shape index (κ2) is 5.52. The molecule has 0 bridgehead atoms. The summed E-state index contributed by atoms with van der Waals surface area (Å²) in [7, 11) is 5.96. The molecule has 3 heteroatoms. The monoisotopic (exact) mass is 159 g/mol. The predicted molar refractivity (Wildman–Crippen MR) is 49.9 cm³/mol. The highest BCUT2D eigenvalue weighted by Gasteiger charge is 2.18. The fourth-order valence-corrected chi connectivity index (χ4v) is 1.29. The Hall–Kier alpha value is -0.120. The lowest BCUT2D eigenvalue weighted by molar-refractivity contribution is 0.354. The smallest absolute Gasteiger partial charge is 0.0367 e. The van der Waals surface area contributed by atoms with Crippen molar-refractivity contribution in [3.05, 3.63) is 0 Å². The fraction of sp³-hybridized carbons (Fsp3) is 1.00. The van der Waals surface area contributed by atoms with Crippen LogP contribution in [0.5, 0.6) is 0 Å². The van der Waals surface area contributed by atoms with Crippen LogP contribution in [0.4, 0.5) is 0 Å². The molecule has 3 nitrogen and oxygen atoms in total. The molecule has 0 saturated heterocycles. The largest absolute Gasteiger partial charge is 0.316 e. The van der Waals surface area contributed by atoms with Crippen LogP contribution in [0.15, 0.2) is 0 Å². The summed E-state index contributed by atoms with van der Waals surface area (Å²) in [5.41, 5.74) is 0. The van der Waals surface area contributed by atoms with E-state index in [0.29, 0.717) is 18.1 Å². The lowest BCUT2D eigenvalue weighted by Gasteiger charge is -2.28. The van der Waals surface area contributed by atoms with Gasteiger partial charge in [0.1, 0.15) is 0 Å². The minimum absolute atomic E-state index is 0.477.